The molecule has 0 aliphatic carbocycles. The number of amidine groups is 1. The molecule has 1 aromatic rings. The first-order chi connectivity index (χ1) is 7.68. The number of nitrogens with one attached hydrogen (secondary N) is 1. The second-order valence-corrected chi connectivity index (χ2v) is 4.38. The van der Waals surface area contributed by atoms with Gasteiger partial charge in [-0.1, -0.05) is 0 Å². The highest BCUT2D eigenvalue weighted by atomic mass is 15.1. The summed E-state index contributed by atoms with van der Waals surface area (Å²) in [6.07, 6.45) is 5.69. The van der Waals surface area contributed by atoms with Gasteiger partial charge < -0.3 is 10.6 Å². The molecule has 16 heavy (non-hydrogen) atoms. The van der Waals surface area contributed by atoms with Gasteiger partial charge in [0.25, 0.3) is 0 Å². The monoisotopic (exact) mass is 218 g/mol. The molecule has 2 rings (SSSR count). The second kappa shape index (κ2) is 4.51. The molecule has 0 radical (unpaired) electrons. The van der Waals surface area contributed by atoms with Crippen molar-refractivity contribution in [3.8, 4) is 0 Å². The van der Waals surface area contributed by atoms with Crippen LogP contribution in [0.1, 0.15) is 18.4 Å². The van der Waals surface area contributed by atoms with Crippen LogP contribution in [0.25, 0.3) is 0 Å². The van der Waals surface area contributed by atoms with Crippen LogP contribution >= 0.6 is 0 Å². The van der Waals surface area contributed by atoms with E-state index in [9.17, 15) is 0 Å². The van der Waals surface area contributed by atoms with Crippen LogP contribution in [-0.2, 0) is 0 Å². The lowest BCUT2D eigenvalue weighted by molar-refractivity contribution is 0.497. The van der Waals surface area contributed by atoms with Crippen molar-refractivity contribution in [3.63, 3.8) is 0 Å². The summed E-state index contributed by atoms with van der Waals surface area (Å²) in [5.74, 6) is 0.615. The smallest absolute Gasteiger partial charge is 0.0938 e. The molecule has 0 saturated carbocycles. The SMILES string of the molecule is Cc1cnccc1N1CCC(C(=N)N)CC1. The summed E-state index contributed by atoms with van der Waals surface area (Å²) in [5, 5.41) is 7.45. The zero-order valence-electron chi connectivity index (χ0n) is 9.61. The molecule has 2 heterocycles. The first-order valence-electron chi connectivity index (χ1n) is 5.68. The average Bonchev–Trinajstić information content (AvgIpc) is 2.30. The highest BCUT2D eigenvalue weighted by molar-refractivity contribution is 5.79. The number of nitrogens with zero attached hydrogens (tertiary/aromatic N) is 2. The maximum Gasteiger partial charge on any atom is 0.0938 e. The van der Waals surface area contributed by atoms with E-state index in [4.69, 9.17) is 11.1 Å². The van der Waals surface area contributed by atoms with Crippen LogP contribution in [0.2, 0.25) is 0 Å². The molecule has 1 saturated heterocycles. The number of nitrogens with two attached hydrogens (primary N) is 1. The quantitative estimate of drug-likeness (QED) is 0.584. The lowest BCUT2D eigenvalue weighted by Gasteiger charge is -2.33. The Morgan fingerprint density at radius 2 is 2.19 bits per heavy atom. The number of anilines is 1. The number of hydrogen-bond donors (Lipinski definition) is 2. The van der Waals surface area contributed by atoms with Gasteiger partial charge in [0.1, 0.15) is 0 Å². The maximum absolute atomic E-state index is 7.45. The van der Waals surface area contributed by atoms with Gasteiger partial charge in [-0.2, -0.15) is 0 Å². The maximum atomic E-state index is 7.45. The molecule has 4 heteroatoms. The largest absolute Gasteiger partial charge is 0.387 e. The molecule has 0 spiro atoms. The Bertz CT molecular complexity index is 380. The molecule has 0 bridgehead atoms. The van der Waals surface area contributed by atoms with Gasteiger partial charge in [-0.25, -0.2) is 0 Å². The Morgan fingerprint density at radius 3 is 2.75 bits per heavy atom. The summed E-state index contributed by atoms with van der Waals surface area (Å²) < 4.78 is 0. The van der Waals surface area contributed by atoms with Gasteiger partial charge in [0.05, 0.1) is 5.84 Å². The number of hydrogen-bond acceptors (Lipinski definition) is 3. The van der Waals surface area contributed by atoms with Crippen molar-refractivity contribution in [2.24, 2.45) is 11.7 Å². The topological polar surface area (TPSA) is 66.0 Å². The van der Waals surface area contributed by atoms with Gasteiger partial charge in [0.15, 0.2) is 0 Å². The van der Waals surface area contributed by atoms with Gasteiger partial charge >= 0.3 is 0 Å². The lowest BCUT2D eigenvalue weighted by atomic mass is 9.95. The summed E-state index contributed by atoms with van der Waals surface area (Å²) >= 11 is 0. The first kappa shape index (κ1) is 10.9. The molecule has 86 valence electrons. The van der Waals surface area contributed by atoms with E-state index in [0.29, 0.717) is 5.84 Å². The van der Waals surface area contributed by atoms with E-state index in [-0.39, 0.29) is 5.92 Å². The third-order valence-corrected chi connectivity index (χ3v) is 3.27. The molecule has 0 aromatic carbocycles. The predicted molar refractivity (Wildman–Crippen MR) is 65.8 cm³/mol. The summed E-state index contributed by atoms with van der Waals surface area (Å²) in [5.41, 5.74) is 8.01. The fourth-order valence-electron chi connectivity index (χ4n) is 2.25. The van der Waals surface area contributed by atoms with Crippen molar-refractivity contribution in [1.29, 1.82) is 5.41 Å². The van der Waals surface area contributed by atoms with E-state index >= 15 is 0 Å². The van der Waals surface area contributed by atoms with Crippen LogP contribution in [-0.4, -0.2) is 23.9 Å². The van der Waals surface area contributed by atoms with Gasteiger partial charge in [-0.05, 0) is 31.4 Å². The van der Waals surface area contributed by atoms with Crippen LogP contribution in [0.5, 0.6) is 0 Å². The van der Waals surface area contributed by atoms with Crippen molar-refractivity contribution in [1.82, 2.24) is 4.98 Å². The van der Waals surface area contributed by atoms with E-state index < -0.39 is 0 Å². The van der Waals surface area contributed by atoms with Crippen LogP contribution in [0, 0.1) is 18.3 Å². The minimum absolute atomic E-state index is 0.276. The Balaban J connectivity index is 2.05. The molecule has 0 amide bonds. The highest BCUT2D eigenvalue weighted by Gasteiger charge is 2.21. The number of pyridine rings is 1. The summed E-state index contributed by atoms with van der Waals surface area (Å²) in [6, 6.07) is 2.06. The Hall–Kier alpha value is -1.58. The average molecular weight is 218 g/mol. The molecular weight excluding hydrogens is 200 g/mol. The van der Waals surface area contributed by atoms with Crippen molar-refractivity contribution in [2.45, 2.75) is 19.8 Å². The van der Waals surface area contributed by atoms with E-state index in [1.54, 1.807) is 0 Å². The Kier molecular flexibility index (Phi) is 3.08. The highest BCUT2D eigenvalue weighted by Crippen LogP contribution is 2.25. The molecule has 0 unspecified atom stereocenters. The first-order valence-corrected chi connectivity index (χ1v) is 5.68. The summed E-state index contributed by atoms with van der Waals surface area (Å²) in [7, 11) is 0. The fourth-order valence-corrected chi connectivity index (χ4v) is 2.25. The zero-order chi connectivity index (χ0) is 11.5. The number of aromatic nitrogens is 1. The third kappa shape index (κ3) is 2.15. The molecule has 3 N–H and O–H groups in total. The third-order valence-electron chi connectivity index (χ3n) is 3.27. The van der Waals surface area contributed by atoms with E-state index in [1.807, 2.05) is 12.4 Å². The normalized spacial score (nSPS) is 17.4. The van der Waals surface area contributed by atoms with E-state index in [2.05, 4.69) is 22.9 Å². The molecule has 4 nitrogen and oxygen atoms in total. The summed E-state index contributed by atoms with van der Waals surface area (Å²) in [6.45, 7) is 4.05. The van der Waals surface area contributed by atoms with Crippen molar-refractivity contribution in [2.75, 3.05) is 18.0 Å². The Labute approximate surface area is 96.0 Å². The molecule has 1 fully saturated rings. The van der Waals surface area contributed by atoms with Crippen LogP contribution in [0.3, 0.4) is 0 Å². The predicted octanol–water partition coefficient (Wildman–Crippen LogP) is 1.54. The van der Waals surface area contributed by atoms with Crippen molar-refractivity contribution >= 4 is 11.5 Å². The molecule has 1 aliphatic heterocycles. The van der Waals surface area contributed by atoms with Crippen LogP contribution in [0.15, 0.2) is 18.5 Å². The standard InChI is InChI=1S/C12H18N4/c1-9-8-15-5-2-11(9)16-6-3-10(4-7-16)12(13)14/h2,5,8,10H,3-4,6-7H2,1H3,(H3,13,14). The zero-order valence-corrected chi connectivity index (χ0v) is 9.61. The van der Waals surface area contributed by atoms with Crippen LogP contribution in [0.4, 0.5) is 5.69 Å². The van der Waals surface area contributed by atoms with Crippen molar-refractivity contribution in [3.05, 3.63) is 24.0 Å². The molecule has 1 aromatic heterocycles. The fraction of sp³-hybridized carbons (Fsp3) is 0.500. The number of rotatable bonds is 2. The van der Waals surface area contributed by atoms with Gasteiger partial charge in [-0.15, -0.1) is 0 Å². The molecule has 1 aliphatic rings. The second-order valence-electron chi connectivity index (χ2n) is 4.38. The van der Waals surface area contributed by atoms with Gasteiger partial charge in [0.2, 0.25) is 0 Å². The van der Waals surface area contributed by atoms with Gasteiger partial charge in [-0.3, -0.25) is 10.4 Å². The minimum Gasteiger partial charge on any atom is -0.387 e. The van der Waals surface area contributed by atoms with Gasteiger partial charge in [0, 0.05) is 37.1 Å². The summed E-state index contributed by atoms with van der Waals surface area (Å²) in [4.78, 5) is 6.46. The van der Waals surface area contributed by atoms with Crippen molar-refractivity contribution < 1.29 is 0 Å². The molecular formula is C12H18N4. The van der Waals surface area contributed by atoms with E-state index in [1.165, 1.54) is 11.3 Å². The minimum atomic E-state index is 0.276. The van der Waals surface area contributed by atoms with Crippen LogP contribution < -0.4 is 10.6 Å². The molecule has 0 atom stereocenters. The van der Waals surface area contributed by atoms with E-state index in [0.717, 1.165) is 25.9 Å². The Morgan fingerprint density at radius 1 is 1.50 bits per heavy atom. The number of piperidine rings is 1. The number of aryl methyl sites for hydroxylation is 1. The lowest BCUT2D eigenvalue weighted by Crippen LogP contribution is -2.38.